The van der Waals surface area contributed by atoms with Gasteiger partial charge in [0.25, 0.3) is 0 Å². The second-order valence-electron chi connectivity index (χ2n) is 7.33. The van der Waals surface area contributed by atoms with E-state index in [0.717, 1.165) is 49.9 Å². The van der Waals surface area contributed by atoms with E-state index in [9.17, 15) is 4.79 Å². The van der Waals surface area contributed by atoms with Crippen LogP contribution in [0.4, 0.5) is 5.69 Å². The quantitative estimate of drug-likeness (QED) is 0.767. The first-order valence-electron chi connectivity index (χ1n) is 9.83. The van der Waals surface area contributed by atoms with Crippen LogP contribution in [-0.2, 0) is 4.79 Å². The van der Waals surface area contributed by atoms with Gasteiger partial charge in [0, 0.05) is 43.4 Å². The summed E-state index contributed by atoms with van der Waals surface area (Å²) in [5.41, 5.74) is 2.68. The summed E-state index contributed by atoms with van der Waals surface area (Å²) in [6.07, 6.45) is 8.38. The predicted octanol–water partition coefficient (Wildman–Crippen LogP) is 3.86. The first-order chi connectivity index (χ1) is 12.6. The van der Waals surface area contributed by atoms with Gasteiger partial charge in [-0.1, -0.05) is 29.3 Å². The third kappa shape index (κ3) is 5.24. The lowest BCUT2D eigenvalue weighted by molar-refractivity contribution is -0.125. The standard InChI is InChI=1S/C21H30ClN3O/c1-17(21(26)23-11-10-18-6-3-2-4-7-18)24-12-14-25(15-13-24)20-9-5-8-19(22)16-20/h5-6,8-9,16-17H,2-4,7,10-15H2,1H3,(H,23,26)/t17-/m1/s1. The number of hydrogen-bond acceptors (Lipinski definition) is 3. The van der Waals surface area contributed by atoms with E-state index in [4.69, 9.17) is 11.6 Å². The van der Waals surface area contributed by atoms with E-state index in [1.165, 1.54) is 31.3 Å². The molecule has 0 spiro atoms. The first kappa shape index (κ1) is 19.2. The Bertz CT molecular complexity index is 638. The summed E-state index contributed by atoms with van der Waals surface area (Å²) in [4.78, 5) is 17.1. The van der Waals surface area contributed by atoms with Gasteiger partial charge in [-0.05, 0) is 57.2 Å². The number of carbonyl (C=O) groups excluding carboxylic acids is 1. The number of nitrogens with zero attached hydrogens (tertiary/aromatic N) is 2. The van der Waals surface area contributed by atoms with Gasteiger partial charge in [-0.2, -0.15) is 0 Å². The van der Waals surface area contributed by atoms with Crippen LogP contribution < -0.4 is 10.2 Å². The summed E-state index contributed by atoms with van der Waals surface area (Å²) in [5, 5.41) is 3.89. The molecule has 1 N–H and O–H groups in total. The Labute approximate surface area is 162 Å². The molecule has 1 saturated heterocycles. The summed E-state index contributed by atoms with van der Waals surface area (Å²) >= 11 is 6.10. The van der Waals surface area contributed by atoms with E-state index in [2.05, 4.69) is 27.3 Å². The van der Waals surface area contributed by atoms with Crippen molar-refractivity contribution in [3.63, 3.8) is 0 Å². The summed E-state index contributed by atoms with van der Waals surface area (Å²) < 4.78 is 0. The molecular formula is C21H30ClN3O. The minimum atomic E-state index is -0.0724. The largest absolute Gasteiger partial charge is 0.369 e. The molecule has 0 bridgehead atoms. The molecular weight excluding hydrogens is 346 g/mol. The molecule has 1 fully saturated rings. The number of halogens is 1. The molecule has 1 aliphatic heterocycles. The number of allylic oxidation sites excluding steroid dienone is 1. The van der Waals surface area contributed by atoms with E-state index in [1.807, 2.05) is 25.1 Å². The first-order valence-corrected chi connectivity index (χ1v) is 10.2. The van der Waals surface area contributed by atoms with E-state index in [1.54, 1.807) is 0 Å². The molecule has 5 heteroatoms. The highest BCUT2D eigenvalue weighted by Crippen LogP contribution is 2.21. The average Bonchev–Trinajstić information content (AvgIpc) is 2.68. The highest BCUT2D eigenvalue weighted by Gasteiger charge is 2.25. The molecule has 1 aliphatic carbocycles. The Morgan fingerprint density at radius 3 is 2.73 bits per heavy atom. The lowest BCUT2D eigenvalue weighted by Crippen LogP contribution is -2.54. The lowest BCUT2D eigenvalue weighted by Gasteiger charge is -2.38. The minimum Gasteiger partial charge on any atom is -0.369 e. The zero-order chi connectivity index (χ0) is 18.4. The summed E-state index contributed by atoms with van der Waals surface area (Å²) in [6, 6.07) is 7.92. The van der Waals surface area contributed by atoms with E-state index in [-0.39, 0.29) is 11.9 Å². The number of piperazine rings is 1. The third-order valence-corrected chi connectivity index (χ3v) is 5.78. The Morgan fingerprint density at radius 1 is 1.23 bits per heavy atom. The fourth-order valence-electron chi connectivity index (χ4n) is 3.83. The monoisotopic (exact) mass is 375 g/mol. The fourth-order valence-corrected chi connectivity index (χ4v) is 4.02. The number of amides is 1. The minimum absolute atomic E-state index is 0.0724. The topological polar surface area (TPSA) is 35.6 Å². The van der Waals surface area contributed by atoms with Gasteiger partial charge in [0.1, 0.15) is 0 Å². The van der Waals surface area contributed by atoms with Crippen molar-refractivity contribution in [3.05, 3.63) is 40.9 Å². The molecule has 0 aromatic heterocycles. The fraction of sp³-hybridized carbons (Fsp3) is 0.571. The van der Waals surface area contributed by atoms with Crippen LogP contribution in [0.1, 0.15) is 39.0 Å². The van der Waals surface area contributed by atoms with Crippen molar-refractivity contribution in [2.75, 3.05) is 37.6 Å². The number of nitrogens with one attached hydrogen (secondary N) is 1. The van der Waals surface area contributed by atoms with Gasteiger partial charge in [0.2, 0.25) is 5.91 Å². The van der Waals surface area contributed by atoms with E-state index >= 15 is 0 Å². The van der Waals surface area contributed by atoms with Gasteiger partial charge >= 0.3 is 0 Å². The van der Waals surface area contributed by atoms with Crippen molar-refractivity contribution in [2.45, 2.75) is 45.1 Å². The summed E-state index contributed by atoms with van der Waals surface area (Å²) in [5.74, 6) is 0.151. The normalized spacial score (nSPS) is 19.8. The highest BCUT2D eigenvalue weighted by molar-refractivity contribution is 6.30. The van der Waals surface area contributed by atoms with Crippen LogP contribution in [0.5, 0.6) is 0 Å². The average molecular weight is 376 g/mol. The second-order valence-corrected chi connectivity index (χ2v) is 7.76. The molecule has 142 valence electrons. The lowest BCUT2D eigenvalue weighted by atomic mass is 9.97. The molecule has 26 heavy (non-hydrogen) atoms. The molecule has 3 rings (SSSR count). The van der Waals surface area contributed by atoms with Crippen LogP contribution in [0, 0.1) is 0 Å². The van der Waals surface area contributed by atoms with Gasteiger partial charge in [-0.25, -0.2) is 0 Å². The smallest absolute Gasteiger partial charge is 0.237 e. The molecule has 0 saturated carbocycles. The van der Waals surface area contributed by atoms with E-state index < -0.39 is 0 Å². The van der Waals surface area contributed by atoms with Crippen molar-refractivity contribution >= 4 is 23.2 Å². The van der Waals surface area contributed by atoms with Crippen molar-refractivity contribution in [3.8, 4) is 0 Å². The molecule has 4 nitrogen and oxygen atoms in total. The zero-order valence-electron chi connectivity index (χ0n) is 15.7. The van der Waals surface area contributed by atoms with Gasteiger partial charge in [0.05, 0.1) is 6.04 Å². The maximum atomic E-state index is 12.5. The van der Waals surface area contributed by atoms with Crippen LogP contribution in [0.15, 0.2) is 35.9 Å². The molecule has 2 aliphatic rings. The van der Waals surface area contributed by atoms with Gasteiger partial charge in [0.15, 0.2) is 0 Å². The van der Waals surface area contributed by atoms with E-state index in [0.29, 0.717) is 0 Å². The maximum Gasteiger partial charge on any atom is 0.237 e. The van der Waals surface area contributed by atoms with Crippen LogP contribution >= 0.6 is 11.6 Å². The number of hydrogen-bond donors (Lipinski definition) is 1. The predicted molar refractivity (Wildman–Crippen MR) is 109 cm³/mol. The molecule has 0 radical (unpaired) electrons. The number of benzene rings is 1. The van der Waals surface area contributed by atoms with Crippen LogP contribution in [0.3, 0.4) is 0 Å². The van der Waals surface area contributed by atoms with Crippen LogP contribution in [0.2, 0.25) is 5.02 Å². The van der Waals surface area contributed by atoms with Crippen LogP contribution in [0.25, 0.3) is 0 Å². The van der Waals surface area contributed by atoms with Gasteiger partial charge in [-0.15, -0.1) is 0 Å². The molecule has 1 amide bonds. The SMILES string of the molecule is C[C@H](C(=O)NCCC1=CCCCC1)N1CCN(c2cccc(Cl)c2)CC1. The molecule has 1 aromatic rings. The number of rotatable bonds is 6. The zero-order valence-corrected chi connectivity index (χ0v) is 16.5. The van der Waals surface area contributed by atoms with Crippen molar-refractivity contribution in [2.24, 2.45) is 0 Å². The van der Waals surface area contributed by atoms with Crippen molar-refractivity contribution in [1.29, 1.82) is 0 Å². The van der Waals surface area contributed by atoms with Crippen molar-refractivity contribution < 1.29 is 4.79 Å². The van der Waals surface area contributed by atoms with Gasteiger partial charge in [-0.3, -0.25) is 9.69 Å². The number of anilines is 1. The molecule has 1 atom stereocenters. The molecule has 1 aromatic carbocycles. The highest BCUT2D eigenvalue weighted by atomic mass is 35.5. The number of carbonyl (C=O) groups is 1. The Morgan fingerprint density at radius 2 is 2.04 bits per heavy atom. The molecule has 0 unspecified atom stereocenters. The summed E-state index contributed by atoms with van der Waals surface area (Å²) in [7, 11) is 0. The Kier molecular flexibility index (Phi) is 6.98. The Hall–Kier alpha value is -1.52. The maximum absolute atomic E-state index is 12.5. The van der Waals surface area contributed by atoms with Crippen molar-refractivity contribution in [1.82, 2.24) is 10.2 Å². The molecule has 1 heterocycles. The second kappa shape index (κ2) is 9.43. The van der Waals surface area contributed by atoms with Gasteiger partial charge < -0.3 is 10.2 Å². The van der Waals surface area contributed by atoms with Crippen LogP contribution in [-0.4, -0.2) is 49.6 Å². The third-order valence-electron chi connectivity index (χ3n) is 5.55. The Balaban J connectivity index is 1.41. The summed E-state index contributed by atoms with van der Waals surface area (Å²) in [6.45, 7) is 6.41.